The standard InChI is InChI=1S/C21H20N4O3/c1-13-12-18(26)23-24-19(13)14-6-8-15(9-7-14)22-10-11-25-20(27)16-4-2-3-5-17(16)21(25)28/h2-9,13,22H,10-12H2,1H3,(H,23,26). The maximum atomic E-state index is 12.4. The normalized spacial score (nSPS) is 18.6. The smallest absolute Gasteiger partial charge is 0.261 e. The largest absolute Gasteiger partial charge is 0.383 e. The molecular formula is C21H20N4O3. The summed E-state index contributed by atoms with van der Waals surface area (Å²) >= 11 is 0. The zero-order valence-corrected chi connectivity index (χ0v) is 15.4. The van der Waals surface area contributed by atoms with Crippen LogP contribution in [0.1, 0.15) is 39.6 Å². The van der Waals surface area contributed by atoms with E-state index in [0.29, 0.717) is 30.6 Å². The molecule has 2 aliphatic rings. The van der Waals surface area contributed by atoms with Gasteiger partial charge in [-0.25, -0.2) is 5.43 Å². The van der Waals surface area contributed by atoms with Gasteiger partial charge < -0.3 is 5.32 Å². The van der Waals surface area contributed by atoms with E-state index in [0.717, 1.165) is 17.0 Å². The molecule has 4 rings (SSSR count). The van der Waals surface area contributed by atoms with Crippen molar-refractivity contribution >= 4 is 29.1 Å². The third kappa shape index (κ3) is 3.26. The van der Waals surface area contributed by atoms with Crippen LogP contribution in [0.2, 0.25) is 0 Å². The minimum absolute atomic E-state index is 0.0669. The van der Waals surface area contributed by atoms with Crippen molar-refractivity contribution in [3.05, 3.63) is 65.2 Å². The first-order valence-electron chi connectivity index (χ1n) is 9.20. The highest BCUT2D eigenvalue weighted by Gasteiger charge is 2.34. The van der Waals surface area contributed by atoms with Crippen LogP contribution in [0.4, 0.5) is 5.69 Å². The Morgan fingerprint density at radius 3 is 2.29 bits per heavy atom. The van der Waals surface area contributed by atoms with Gasteiger partial charge in [0.2, 0.25) is 5.91 Å². The van der Waals surface area contributed by atoms with Crippen molar-refractivity contribution in [1.29, 1.82) is 0 Å². The van der Waals surface area contributed by atoms with Crippen molar-refractivity contribution in [1.82, 2.24) is 10.3 Å². The molecule has 0 aromatic heterocycles. The van der Waals surface area contributed by atoms with E-state index in [2.05, 4.69) is 15.8 Å². The Kier molecular flexibility index (Phi) is 4.65. The summed E-state index contributed by atoms with van der Waals surface area (Å²) in [5, 5.41) is 7.39. The Bertz CT molecular complexity index is 946. The van der Waals surface area contributed by atoms with Gasteiger partial charge in [0.15, 0.2) is 0 Å². The summed E-state index contributed by atoms with van der Waals surface area (Å²) in [6.07, 6.45) is 0.430. The van der Waals surface area contributed by atoms with Crippen LogP contribution in [0.15, 0.2) is 53.6 Å². The first-order chi connectivity index (χ1) is 13.5. The van der Waals surface area contributed by atoms with E-state index >= 15 is 0 Å². The molecule has 2 aromatic rings. The van der Waals surface area contributed by atoms with Gasteiger partial charge in [-0.15, -0.1) is 0 Å². The van der Waals surface area contributed by atoms with Crippen molar-refractivity contribution in [2.24, 2.45) is 11.0 Å². The second-order valence-corrected chi connectivity index (χ2v) is 6.95. The number of carbonyl (C=O) groups is 3. The second kappa shape index (κ2) is 7.26. The summed E-state index contributed by atoms with van der Waals surface area (Å²) in [7, 11) is 0. The lowest BCUT2D eigenvalue weighted by molar-refractivity contribution is -0.121. The molecule has 0 saturated carbocycles. The van der Waals surface area contributed by atoms with Crippen molar-refractivity contribution in [3.8, 4) is 0 Å². The van der Waals surface area contributed by atoms with E-state index in [9.17, 15) is 14.4 Å². The van der Waals surface area contributed by atoms with Crippen molar-refractivity contribution in [3.63, 3.8) is 0 Å². The highest BCUT2D eigenvalue weighted by Crippen LogP contribution is 2.22. The van der Waals surface area contributed by atoms with Crippen LogP contribution in [0.25, 0.3) is 0 Å². The second-order valence-electron chi connectivity index (χ2n) is 6.95. The molecule has 28 heavy (non-hydrogen) atoms. The summed E-state index contributed by atoms with van der Waals surface area (Å²) in [6.45, 7) is 2.73. The predicted octanol–water partition coefficient (Wildman–Crippen LogP) is 2.25. The van der Waals surface area contributed by atoms with Crippen LogP contribution in [0.5, 0.6) is 0 Å². The summed E-state index contributed by atoms with van der Waals surface area (Å²) in [4.78, 5) is 37.4. The molecule has 2 aromatic carbocycles. The Labute approximate surface area is 162 Å². The number of anilines is 1. The van der Waals surface area contributed by atoms with Crippen LogP contribution < -0.4 is 10.7 Å². The average Bonchev–Trinajstić information content (AvgIpc) is 2.94. The highest BCUT2D eigenvalue weighted by atomic mass is 16.2. The number of carbonyl (C=O) groups excluding carboxylic acids is 3. The molecule has 2 aliphatic heterocycles. The van der Waals surface area contributed by atoms with Crippen LogP contribution >= 0.6 is 0 Å². The number of benzene rings is 2. The Morgan fingerprint density at radius 1 is 1.04 bits per heavy atom. The zero-order chi connectivity index (χ0) is 19.7. The molecular weight excluding hydrogens is 356 g/mol. The fourth-order valence-electron chi connectivity index (χ4n) is 3.52. The van der Waals surface area contributed by atoms with Crippen LogP contribution in [0, 0.1) is 5.92 Å². The zero-order valence-electron chi connectivity index (χ0n) is 15.4. The highest BCUT2D eigenvalue weighted by molar-refractivity contribution is 6.21. The topological polar surface area (TPSA) is 90.9 Å². The maximum Gasteiger partial charge on any atom is 0.261 e. The fraction of sp³-hybridized carbons (Fsp3) is 0.238. The number of amides is 3. The molecule has 0 radical (unpaired) electrons. The van der Waals surface area contributed by atoms with E-state index in [-0.39, 0.29) is 23.6 Å². The van der Waals surface area contributed by atoms with Gasteiger partial charge in [0.1, 0.15) is 0 Å². The van der Waals surface area contributed by atoms with Crippen molar-refractivity contribution < 1.29 is 14.4 Å². The lowest BCUT2D eigenvalue weighted by atomic mass is 9.94. The number of nitrogens with one attached hydrogen (secondary N) is 2. The van der Waals surface area contributed by atoms with Crippen LogP contribution in [0.3, 0.4) is 0 Å². The minimum atomic E-state index is -0.246. The molecule has 0 fully saturated rings. The number of imide groups is 1. The third-order valence-corrected chi connectivity index (χ3v) is 4.98. The number of nitrogens with zero attached hydrogens (tertiary/aromatic N) is 2. The molecule has 1 atom stereocenters. The minimum Gasteiger partial charge on any atom is -0.383 e. The van der Waals surface area contributed by atoms with Crippen molar-refractivity contribution in [2.45, 2.75) is 13.3 Å². The lowest BCUT2D eigenvalue weighted by Gasteiger charge is -2.19. The summed E-state index contributed by atoms with van der Waals surface area (Å²) in [5.74, 6) is -0.489. The number of hydrazone groups is 1. The molecule has 7 heteroatoms. The molecule has 0 bridgehead atoms. The quantitative estimate of drug-likeness (QED) is 0.783. The Morgan fingerprint density at radius 2 is 1.68 bits per heavy atom. The van der Waals surface area contributed by atoms with Gasteiger partial charge >= 0.3 is 0 Å². The summed E-state index contributed by atoms with van der Waals surface area (Å²) in [5.41, 5.74) is 6.15. The van der Waals surface area contributed by atoms with Crippen LogP contribution in [-0.4, -0.2) is 41.4 Å². The Balaban J connectivity index is 1.36. The fourth-order valence-corrected chi connectivity index (χ4v) is 3.52. The van der Waals surface area contributed by atoms with Gasteiger partial charge in [0.25, 0.3) is 11.8 Å². The van der Waals surface area contributed by atoms with Gasteiger partial charge in [-0.3, -0.25) is 19.3 Å². The predicted molar refractivity (Wildman–Crippen MR) is 105 cm³/mol. The van der Waals surface area contributed by atoms with Crippen LogP contribution in [-0.2, 0) is 4.79 Å². The number of hydrogen-bond acceptors (Lipinski definition) is 5. The van der Waals surface area contributed by atoms with Gasteiger partial charge in [-0.1, -0.05) is 31.2 Å². The summed E-state index contributed by atoms with van der Waals surface area (Å²) < 4.78 is 0. The number of rotatable bonds is 5. The Hall–Kier alpha value is -3.48. The molecule has 7 nitrogen and oxygen atoms in total. The molecule has 0 spiro atoms. The molecule has 0 saturated heterocycles. The van der Waals surface area contributed by atoms with E-state index in [1.807, 2.05) is 31.2 Å². The number of hydrogen-bond donors (Lipinski definition) is 2. The van der Waals surface area contributed by atoms with E-state index in [4.69, 9.17) is 0 Å². The monoisotopic (exact) mass is 376 g/mol. The molecule has 0 aliphatic carbocycles. The first-order valence-corrected chi connectivity index (χ1v) is 9.20. The maximum absolute atomic E-state index is 12.4. The molecule has 2 N–H and O–H groups in total. The molecule has 3 amide bonds. The van der Waals surface area contributed by atoms with E-state index in [1.54, 1.807) is 24.3 Å². The summed E-state index contributed by atoms with van der Waals surface area (Å²) in [6, 6.07) is 14.6. The third-order valence-electron chi connectivity index (χ3n) is 4.98. The van der Waals surface area contributed by atoms with Gasteiger partial charge in [-0.2, -0.15) is 5.10 Å². The first kappa shape index (κ1) is 17.9. The van der Waals surface area contributed by atoms with Crippen molar-refractivity contribution in [2.75, 3.05) is 18.4 Å². The van der Waals surface area contributed by atoms with E-state index < -0.39 is 0 Å². The van der Waals surface area contributed by atoms with Gasteiger partial charge in [0, 0.05) is 31.1 Å². The van der Waals surface area contributed by atoms with Gasteiger partial charge in [0.05, 0.1) is 16.8 Å². The molecule has 2 heterocycles. The number of fused-ring (bicyclic) bond motifs is 1. The van der Waals surface area contributed by atoms with E-state index in [1.165, 1.54) is 4.90 Å². The molecule has 1 unspecified atom stereocenters. The lowest BCUT2D eigenvalue weighted by Crippen LogP contribution is -2.34. The molecule has 142 valence electrons. The van der Waals surface area contributed by atoms with Gasteiger partial charge in [-0.05, 0) is 29.8 Å². The average molecular weight is 376 g/mol. The SMILES string of the molecule is CC1CC(=O)NN=C1c1ccc(NCCN2C(=O)c3ccccc3C2=O)cc1.